The summed E-state index contributed by atoms with van der Waals surface area (Å²) in [6, 6.07) is 18.6. The molecule has 0 aliphatic rings. The first-order valence-corrected chi connectivity index (χ1v) is 7.57. The largest absolute Gasteiger partial charge is 0.126 e. The third kappa shape index (κ3) is 4.26. The summed E-state index contributed by atoms with van der Waals surface area (Å²) in [7, 11) is 0. The molecule has 0 spiro atoms. The van der Waals surface area contributed by atoms with Crippen LogP contribution in [-0.4, -0.2) is 5.88 Å². The number of alkyl halides is 1. The van der Waals surface area contributed by atoms with Gasteiger partial charge in [-0.1, -0.05) is 60.1 Å². The topological polar surface area (TPSA) is 0 Å². The van der Waals surface area contributed by atoms with Gasteiger partial charge in [0.15, 0.2) is 0 Å². The summed E-state index contributed by atoms with van der Waals surface area (Å²) in [5.74, 6) is 0.970. The Morgan fingerprint density at radius 3 is 2.26 bits per heavy atom. The molecule has 100 valence electrons. The van der Waals surface area contributed by atoms with Crippen LogP contribution in [0, 0.1) is 0 Å². The molecule has 2 aromatic rings. The van der Waals surface area contributed by atoms with Crippen LogP contribution in [0.1, 0.15) is 29.9 Å². The van der Waals surface area contributed by atoms with Gasteiger partial charge in [-0.25, -0.2) is 0 Å². The lowest BCUT2D eigenvalue weighted by atomic mass is 9.94. The highest BCUT2D eigenvalue weighted by atomic mass is 35.5. The Labute approximate surface area is 125 Å². The van der Waals surface area contributed by atoms with Crippen molar-refractivity contribution >= 4 is 23.2 Å². The normalized spacial score (nSPS) is 12.3. The van der Waals surface area contributed by atoms with Crippen molar-refractivity contribution in [1.82, 2.24) is 0 Å². The molecule has 1 atom stereocenters. The zero-order valence-corrected chi connectivity index (χ0v) is 12.4. The molecule has 0 fully saturated rings. The summed E-state index contributed by atoms with van der Waals surface area (Å²) in [5.41, 5.74) is 2.56. The van der Waals surface area contributed by atoms with Crippen LogP contribution < -0.4 is 0 Å². The molecule has 0 heterocycles. The van der Waals surface area contributed by atoms with Crippen LogP contribution in [0.25, 0.3) is 0 Å². The highest BCUT2D eigenvalue weighted by Crippen LogP contribution is 2.29. The number of rotatable bonds is 6. The molecule has 0 saturated heterocycles. The molecular formula is C17H18Cl2. The number of hydrogen-bond acceptors (Lipinski definition) is 0. The van der Waals surface area contributed by atoms with Gasteiger partial charge < -0.3 is 0 Å². The van der Waals surface area contributed by atoms with Crippen molar-refractivity contribution in [2.75, 3.05) is 5.88 Å². The minimum Gasteiger partial charge on any atom is -0.126 e. The molecular weight excluding hydrogens is 275 g/mol. The highest BCUT2D eigenvalue weighted by molar-refractivity contribution is 6.31. The maximum absolute atomic E-state index is 6.24. The maximum Gasteiger partial charge on any atom is 0.0441 e. The molecule has 0 saturated carbocycles. The zero-order chi connectivity index (χ0) is 13.5. The van der Waals surface area contributed by atoms with Crippen LogP contribution in [-0.2, 0) is 6.42 Å². The van der Waals surface area contributed by atoms with Crippen LogP contribution in [0.15, 0.2) is 54.6 Å². The van der Waals surface area contributed by atoms with Crippen molar-refractivity contribution in [1.29, 1.82) is 0 Å². The molecule has 0 aliphatic carbocycles. The van der Waals surface area contributed by atoms with E-state index >= 15 is 0 Å². The van der Waals surface area contributed by atoms with E-state index in [0.717, 1.165) is 24.3 Å². The second-order valence-corrected chi connectivity index (χ2v) is 5.47. The molecule has 0 bridgehead atoms. The number of benzene rings is 2. The minimum atomic E-state index is 0.346. The predicted molar refractivity (Wildman–Crippen MR) is 84.3 cm³/mol. The Morgan fingerprint density at radius 1 is 0.895 bits per heavy atom. The van der Waals surface area contributed by atoms with Crippen molar-refractivity contribution in [3.05, 3.63) is 70.7 Å². The molecule has 0 aromatic heterocycles. The third-order valence-electron chi connectivity index (χ3n) is 3.39. The predicted octanol–water partition coefficient (Wildman–Crippen LogP) is 5.69. The smallest absolute Gasteiger partial charge is 0.0441 e. The van der Waals surface area contributed by atoms with Crippen molar-refractivity contribution in [2.45, 2.75) is 25.2 Å². The summed E-state index contributed by atoms with van der Waals surface area (Å²) in [6.07, 6.45) is 3.30. The van der Waals surface area contributed by atoms with Gasteiger partial charge >= 0.3 is 0 Å². The molecule has 0 amide bonds. The van der Waals surface area contributed by atoms with Gasteiger partial charge in [-0.2, -0.15) is 0 Å². The van der Waals surface area contributed by atoms with Crippen molar-refractivity contribution in [3.8, 4) is 0 Å². The average molecular weight is 293 g/mol. The fourth-order valence-corrected chi connectivity index (χ4v) is 2.93. The molecule has 0 aliphatic heterocycles. The summed E-state index contributed by atoms with van der Waals surface area (Å²) < 4.78 is 0. The molecule has 19 heavy (non-hydrogen) atoms. The fraction of sp³-hybridized carbons (Fsp3) is 0.294. The third-order valence-corrected chi connectivity index (χ3v) is 4.11. The first-order chi connectivity index (χ1) is 9.31. The van der Waals surface area contributed by atoms with E-state index in [2.05, 4.69) is 36.4 Å². The second-order valence-electron chi connectivity index (χ2n) is 4.75. The summed E-state index contributed by atoms with van der Waals surface area (Å²) >= 11 is 12.3. The Bertz CT molecular complexity index is 494. The van der Waals surface area contributed by atoms with E-state index in [-0.39, 0.29) is 0 Å². The fourth-order valence-electron chi connectivity index (χ4n) is 2.32. The molecule has 2 heteroatoms. The Morgan fingerprint density at radius 2 is 1.58 bits per heavy atom. The first kappa shape index (κ1) is 14.4. The number of hydrogen-bond donors (Lipinski definition) is 0. The van der Waals surface area contributed by atoms with E-state index in [1.165, 1.54) is 11.1 Å². The Hall–Kier alpha value is -0.980. The Balaban J connectivity index is 1.92. The molecule has 2 aromatic carbocycles. The lowest BCUT2D eigenvalue weighted by Gasteiger charge is -2.15. The van der Waals surface area contributed by atoms with Gasteiger partial charge in [0.1, 0.15) is 0 Å². The molecule has 0 radical (unpaired) electrons. The first-order valence-electron chi connectivity index (χ1n) is 6.65. The van der Waals surface area contributed by atoms with Crippen LogP contribution >= 0.6 is 23.2 Å². The number of aryl methyl sites for hydroxylation is 1. The monoisotopic (exact) mass is 292 g/mol. The second kappa shape index (κ2) is 7.57. The Kier molecular flexibility index (Phi) is 5.75. The van der Waals surface area contributed by atoms with E-state index < -0.39 is 0 Å². The van der Waals surface area contributed by atoms with Gasteiger partial charge in [-0.15, -0.1) is 11.6 Å². The maximum atomic E-state index is 6.24. The molecule has 0 N–H and O–H groups in total. The van der Waals surface area contributed by atoms with Crippen molar-refractivity contribution in [2.24, 2.45) is 0 Å². The van der Waals surface area contributed by atoms with Crippen molar-refractivity contribution < 1.29 is 0 Å². The van der Waals surface area contributed by atoms with Crippen LogP contribution in [0.5, 0.6) is 0 Å². The van der Waals surface area contributed by atoms with Crippen molar-refractivity contribution in [3.63, 3.8) is 0 Å². The molecule has 0 nitrogen and oxygen atoms in total. The highest BCUT2D eigenvalue weighted by Gasteiger charge is 2.13. The molecule has 1 unspecified atom stereocenters. The van der Waals surface area contributed by atoms with Gasteiger partial charge in [0, 0.05) is 10.9 Å². The van der Waals surface area contributed by atoms with Gasteiger partial charge in [0.05, 0.1) is 0 Å². The summed E-state index contributed by atoms with van der Waals surface area (Å²) in [4.78, 5) is 0. The SMILES string of the molecule is ClCC(CCCc1ccccc1)c1ccccc1Cl. The molecule has 2 rings (SSSR count). The lowest BCUT2D eigenvalue weighted by molar-refractivity contribution is 0.638. The van der Waals surface area contributed by atoms with E-state index in [0.29, 0.717) is 11.8 Å². The van der Waals surface area contributed by atoms with E-state index in [1.54, 1.807) is 0 Å². The lowest BCUT2D eigenvalue weighted by Crippen LogP contribution is -2.02. The zero-order valence-electron chi connectivity index (χ0n) is 10.9. The van der Waals surface area contributed by atoms with Gasteiger partial charge in [-0.3, -0.25) is 0 Å². The standard InChI is InChI=1S/C17H18Cl2/c18-13-15(16-11-4-5-12-17(16)19)10-6-9-14-7-2-1-3-8-14/h1-5,7-8,11-12,15H,6,9-10,13H2. The van der Waals surface area contributed by atoms with Gasteiger partial charge in [-0.05, 0) is 42.4 Å². The number of halogens is 2. The van der Waals surface area contributed by atoms with Gasteiger partial charge in [0.2, 0.25) is 0 Å². The van der Waals surface area contributed by atoms with Crippen LogP contribution in [0.3, 0.4) is 0 Å². The van der Waals surface area contributed by atoms with Gasteiger partial charge in [0.25, 0.3) is 0 Å². The summed E-state index contributed by atoms with van der Waals surface area (Å²) in [6.45, 7) is 0. The minimum absolute atomic E-state index is 0.346. The van der Waals surface area contributed by atoms with E-state index in [4.69, 9.17) is 23.2 Å². The summed E-state index contributed by atoms with van der Waals surface area (Å²) in [5, 5.41) is 0.827. The average Bonchev–Trinajstić information content (AvgIpc) is 2.46. The van der Waals surface area contributed by atoms with Crippen LogP contribution in [0.2, 0.25) is 5.02 Å². The van der Waals surface area contributed by atoms with E-state index in [9.17, 15) is 0 Å². The van der Waals surface area contributed by atoms with E-state index in [1.807, 2.05) is 18.2 Å². The quantitative estimate of drug-likeness (QED) is 0.600. The van der Waals surface area contributed by atoms with Crippen LogP contribution in [0.4, 0.5) is 0 Å².